The number of carbonyl (C=O) groups excluding carboxylic acids is 1. The lowest BCUT2D eigenvalue weighted by molar-refractivity contribution is 0.0856. The fraction of sp³-hybridized carbons (Fsp3) is 0.174. The van der Waals surface area contributed by atoms with Crippen molar-refractivity contribution in [3.63, 3.8) is 0 Å². The van der Waals surface area contributed by atoms with Crippen molar-refractivity contribution < 1.29 is 17.9 Å². The summed E-state index contributed by atoms with van der Waals surface area (Å²) in [4.78, 5) is 13.6. The summed E-state index contributed by atoms with van der Waals surface area (Å²) in [6, 6.07) is 23.0. The molecule has 0 N–H and O–H groups in total. The van der Waals surface area contributed by atoms with Crippen LogP contribution < -0.4 is 0 Å². The Morgan fingerprint density at radius 2 is 1.46 bits per heavy atom. The molecule has 5 rings (SSSR count). The predicted molar refractivity (Wildman–Crippen MR) is 105 cm³/mol. The fourth-order valence-electron chi connectivity index (χ4n) is 4.23. The third-order valence-electron chi connectivity index (χ3n) is 5.62. The Kier molecular flexibility index (Phi) is 3.63. The Labute approximate surface area is 163 Å². The molecule has 0 radical (unpaired) electrons. The van der Waals surface area contributed by atoms with Gasteiger partial charge in [0.15, 0.2) is 15.4 Å². The van der Waals surface area contributed by atoms with Gasteiger partial charge in [-0.3, -0.25) is 4.79 Å². The number of rotatable bonds is 2. The number of hydrogen-bond acceptors (Lipinski definition) is 4. The molecule has 3 aromatic rings. The molecule has 2 heterocycles. The van der Waals surface area contributed by atoms with Gasteiger partial charge in [-0.1, -0.05) is 72.3 Å². The zero-order valence-electron chi connectivity index (χ0n) is 15.2. The highest BCUT2D eigenvalue weighted by Crippen LogP contribution is 2.63. The van der Waals surface area contributed by atoms with Crippen LogP contribution in [0.5, 0.6) is 0 Å². The molecule has 0 aromatic heterocycles. The molecule has 1 fully saturated rings. The van der Waals surface area contributed by atoms with Gasteiger partial charge in [-0.25, -0.2) is 8.42 Å². The topological polar surface area (TPSA) is 63.7 Å². The van der Waals surface area contributed by atoms with Crippen LogP contribution in [0.4, 0.5) is 0 Å². The first-order valence-electron chi connectivity index (χ1n) is 9.13. The minimum absolute atomic E-state index is 0.0811. The van der Waals surface area contributed by atoms with Crippen molar-refractivity contribution in [3.8, 4) is 0 Å². The maximum atomic E-state index is 13.6. The van der Waals surface area contributed by atoms with Crippen LogP contribution in [0, 0.1) is 6.92 Å². The second kappa shape index (κ2) is 5.87. The highest BCUT2D eigenvalue weighted by atomic mass is 32.2. The zero-order chi connectivity index (χ0) is 19.5. The van der Waals surface area contributed by atoms with Crippen molar-refractivity contribution in [1.82, 2.24) is 0 Å². The average molecular weight is 390 g/mol. The molecule has 0 aliphatic carbocycles. The summed E-state index contributed by atoms with van der Waals surface area (Å²) >= 11 is 0. The number of benzene rings is 3. The lowest BCUT2D eigenvalue weighted by Gasteiger charge is -2.30. The van der Waals surface area contributed by atoms with Crippen LogP contribution in [-0.4, -0.2) is 19.8 Å². The van der Waals surface area contributed by atoms with Crippen LogP contribution in [0.15, 0.2) is 83.8 Å². The molecule has 0 amide bonds. The van der Waals surface area contributed by atoms with Crippen LogP contribution in [-0.2, 0) is 14.6 Å². The summed E-state index contributed by atoms with van der Waals surface area (Å²) in [6.45, 7) is 1.98. The number of hydrogen-bond donors (Lipinski definition) is 0. The van der Waals surface area contributed by atoms with Gasteiger partial charge in [-0.15, -0.1) is 0 Å². The molecular formula is C23H18O4S. The number of Topliss-reactive ketones (excluding diaryl/α,β-unsaturated/α-hetero) is 1. The van der Waals surface area contributed by atoms with E-state index in [2.05, 4.69) is 0 Å². The first-order chi connectivity index (χ1) is 13.5. The second-order valence-corrected chi connectivity index (χ2v) is 9.36. The number of carbonyl (C=O) groups is 1. The number of aryl methyl sites for hydroxylation is 1. The molecule has 0 bridgehead atoms. The molecule has 0 saturated carbocycles. The van der Waals surface area contributed by atoms with Gasteiger partial charge in [0.05, 0.1) is 4.90 Å². The lowest BCUT2D eigenvalue weighted by Crippen LogP contribution is -2.42. The number of ether oxygens (including phenoxy) is 1. The molecule has 28 heavy (non-hydrogen) atoms. The SMILES string of the molecule is Cc1ccc(C2OC23C(=O)c2ccccc2S(=O)(=O)C3c2ccccc2)cc1. The van der Waals surface area contributed by atoms with Crippen LogP contribution in [0.2, 0.25) is 0 Å². The normalized spacial score (nSPS) is 27.4. The van der Waals surface area contributed by atoms with E-state index >= 15 is 0 Å². The second-order valence-electron chi connectivity index (χ2n) is 7.36. The smallest absolute Gasteiger partial charge is 0.200 e. The maximum Gasteiger partial charge on any atom is 0.200 e. The minimum Gasteiger partial charge on any atom is -0.350 e. The van der Waals surface area contributed by atoms with E-state index in [9.17, 15) is 13.2 Å². The van der Waals surface area contributed by atoms with E-state index < -0.39 is 26.8 Å². The van der Waals surface area contributed by atoms with E-state index in [1.54, 1.807) is 42.5 Å². The highest BCUT2D eigenvalue weighted by Gasteiger charge is 2.73. The van der Waals surface area contributed by atoms with Crippen LogP contribution in [0.25, 0.3) is 0 Å². The van der Waals surface area contributed by atoms with Crippen molar-refractivity contribution in [2.24, 2.45) is 0 Å². The van der Waals surface area contributed by atoms with Crippen LogP contribution >= 0.6 is 0 Å². The van der Waals surface area contributed by atoms with Crippen LogP contribution in [0.3, 0.4) is 0 Å². The van der Waals surface area contributed by atoms with E-state index in [4.69, 9.17) is 4.74 Å². The third kappa shape index (κ3) is 2.26. The van der Waals surface area contributed by atoms with E-state index in [0.29, 0.717) is 5.56 Å². The van der Waals surface area contributed by atoms with Gasteiger partial charge >= 0.3 is 0 Å². The largest absolute Gasteiger partial charge is 0.350 e. The molecule has 140 valence electrons. The van der Waals surface area contributed by atoms with E-state index in [0.717, 1.165) is 11.1 Å². The maximum absolute atomic E-state index is 13.6. The standard InChI is InChI=1S/C23H18O4S/c1-15-11-13-16(14-12-15)21-23(27-21)20(24)18-9-5-6-10-19(18)28(25,26)22(23)17-7-3-2-4-8-17/h2-14,21-22H,1H3. The predicted octanol–water partition coefficient (Wildman–Crippen LogP) is 4.22. The summed E-state index contributed by atoms with van der Waals surface area (Å²) in [5.74, 6) is -0.266. The van der Waals surface area contributed by atoms with E-state index in [1.807, 2.05) is 37.3 Å². The first kappa shape index (κ1) is 17.3. The quantitative estimate of drug-likeness (QED) is 0.615. The molecule has 3 atom stereocenters. The van der Waals surface area contributed by atoms with E-state index in [1.165, 1.54) is 6.07 Å². The Balaban J connectivity index is 1.75. The summed E-state index contributed by atoms with van der Waals surface area (Å²) in [6.07, 6.45) is -0.589. The fourth-order valence-corrected chi connectivity index (χ4v) is 6.49. The molecule has 5 heteroatoms. The van der Waals surface area contributed by atoms with Crippen molar-refractivity contribution in [2.45, 2.75) is 28.8 Å². The van der Waals surface area contributed by atoms with Gasteiger partial charge in [0.25, 0.3) is 0 Å². The number of ketones is 1. The highest BCUT2D eigenvalue weighted by molar-refractivity contribution is 7.92. The Hall–Kier alpha value is -2.76. The molecule has 1 saturated heterocycles. The molecule has 3 unspecified atom stereocenters. The Bertz CT molecular complexity index is 1180. The Morgan fingerprint density at radius 1 is 0.821 bits per heavy atom. The summed E-state index contributed by atoms with van der Waals surface area (Å²) in [7, 11) is -3.81. The van der Waals surface area contributed by atoms with Gasteiger partial charge in [-0.05, 0) is 30.2 Å². The lowest BCUT2D eigenvalue weighted by atomic mass is 9.84. The summed E-state index contributed by atoms with van der Waals surface area (Å²) in [5, 5.41) is -1.07. The third-order valence-corrected chi connectivity index (χ3v) is 7.83. The van der Waals surface area contributed by atoms with Gasteiger partial charge in [0, 0.05) is 5.56 Å². The van der Waals surface area contributed by atoms with Gasteiger partial charge in [-0.2, -0.15) is 0 Å². The molecule has 2 aliphatic rings. The van der Waals surface area contributed by atoms with Crippen molar-refractivity contribution in [2.75, 3.05) is 0 Å². The monoisotopic (exact) mass is 390 g/mol. The molecular weight excluding hydrogens is 372 g/mol. The molecule has 3 aromatic carbocycles. The van der Waals surface area contributed by atoms with Crippen molar-refractivity contribution in [1.29, 1.82) is 0 Å². The molecule has 2 aliphatic heterocycles. The van der Waals surface area contributed by atoms with Crippen molar-refractivity contribution >= 4 is 15.6 Å². The number of epoxide rings is 1. The molecule has 1 spiro atoms. The van der Waals surface area contributed by atoms with Gasteiger partial charge in [0.2, 0.25) is 5.78 Å². The molecule has 4 nitrogen and oxygen atoms in total. The summed E-state index contributed by atoms with van der Waals surface area (Å²) in [5.41, 5.74) is 1.26. The van der Waals surface area contributed by atoms with E-state index in [-0.39, 0.29) is 16.2 Å². The van der Waals surface area contributed by atoms with Crippen LogP contribution in [0.1, 0.15) is 38.4 Å². The number of fused-ring (bicyclic) bond motifs is 1. The minimum atomic E-state index is -3.81. The van der Waals surface area contributed by atoms with Gasteiger partial charge < -0.3 is 4.74 Å². The Morgan fingerprint density at radius 3 is 2.18 bits per heavy atom. The van der Waals surface area contributed by atoms with Crippen molar-refractivity contribution in [3.05, 3.63) is 101 Å². The average Bonchev–Trinajstić information content (AvgIpc) is 3.43. The first-order valence-corrected chi connectivity index (χ1v) is 10.7. The van der Waals surface area contributed by atoms with Gasteiger partial charge in [0.1, 0.15) is 11.4 Å². The number of sulfone groups is 1. The summed E-state index contributed by atoms with van der Waals surface area (Å²) < 4.78 is 33.2. The zero-order valence-corrected chi connectivity index (χ0v) is 16.0.